The predicted octanol–water partition coefficient (Wildman–Crippen LogP) is 0.312. The van der Waals surface area contributed by atoms with E-state index in [2.05, 4.69) is 6.08 Å². The number of ether oxygens (including phenoxy) is 2. The molecule has 0 saturated heterocycles. The Morgan fingerprint density at radius 2 is 1.58 bits per heavy atom. The third kappa shape index (κ3) is 12.8. The van der Waals surface area contributed by atoms with Gasteiger partial charge < -0.3 is 29.9 Å². The Bertz CT molecular complexity index is 410. The summed E-state index contributed by atoms with van der Waals surface area (Å²) < 4.78 is 9.77. The number of carbonyl (C=O) groups is 2. The number of hydrogen-bond donors (Lipinski definition) is 4. The lowest BCUT2D eigenvalue weighted by molar-refractivity contribution is -0.159. The Morgan fingerprint density at radius 3 is 2.15 bits per heavy atom. The summed E-state index contributed by atoms with van der Waals surface area (Å²) in [6.45, 7) is 0.218. The van der Waals surface area contributed by atoms with Crippen LogP contribution in [0.2, 0.25) is 0 Å². The predicted molar refractivity (Wildman–Crippen MR) is 94.1 cm³/mol. The molecule has 0 bridgehead atoms. The van der Waals surface area contributed by atoms with E-state index in [1.165, 1.54) is 0 Å². The van der Waals surface area contributed by atoms with Crippen LogP contribution < -0.4 is 0 Å². The number of carbonyl (C=O) groups excluding carboxylic acids is 2. The smallest absolute Gasteiger partial charge is 0.309 e. The second-order valence-corrected chi connectivity index (χ2v) is 6.09. The average Bonchev–Trinajstić information content (AvgIpc) is 2.65. The zero-order valence-electron chi connectivity index (χ0n) is 15.4. The highest BCUT2D eigenvalue weighted by molar-refractivity contribution is 5.80. The van der Waals surface area contributed by atoms with Gasteiger partial charge in [0.1, 0.15) is 25.4 Å². The second kappa shape index (κ2) is 15.7. The van der Waals surface area contributed by atoms with Crippen molar-refractivity contribution in [3.05, 3.63) is 12.2 Å². The van der Waals surface area contributed by atoms with E-state index in [0.29, 0.717) is 6.42 Å². The van der Waals surface area contributed by atoms with Crippen molar-refractivity contribution in [2.75, 3.05) is 26.4 Å². The maximum absolute atomic E-state index is 12.1. The molecule has 4 N–H and O–H groups in total. The van der Waals surface area contributed by atoms with Crippen LogP contribution in [0.25, 0.3) is 0 Å². The van der Waals surface area contributed by atoms with Gasteiger partial charge in [-0.15, -0.1) is 0 Å². The highest BCUT2D eigenvalue weighted by Gasteiger charge is 2.25. The summed E-state index contributed by atoms with van der Waals surface area (Å²) >= 11 is 0. The fourth-order valence-corrected chi connectivity index (χ4v) is 2.15. The monoisotopic (exact) mass is 376 g/mol. The van der Waals surface area contributed by atoms with Gasteiger partial charge in [-0.2, -0.15) is 0 Å². The minimum absolute atomic E-state index is 0.207. The van der Waals surface area contributed by atoms with Crippen LogP contribution >= 0.6 is 0 Å². The van der Waals surface area contributed by atoms with Gasteiger partial charge in [-0.05, 0) is 26.2 Å². The molecule has 0 fully saturated rings. The molecule has 8 nitrogen and oxygen atoms in total. The molecule has 0 aliphatic rings. The van der Waals surface area contributed by atoms with E-state index < -0.39 is 43.3 Å². The van der Waals surface area contributed by atoms with Gasteiger partial charge in [0.15, 0.2) is 0 Å². The molecule has 152 valence electrons. The molecule has 0 saturated carbocycles. The van der Waals surface area contributed by atoms with Crippen LogP contribution in [-0.4, -0.2) is 71.0 Å². The molecule has 3 unspecified atom stereocenters. The fraction of sp³-hybridized carbons (Fsp3) is 0.778. The lowest BCUT2D eigenvalue weighted by Gasteiger charge is -2.17. The van der Waals surface area contributed by atoms with Crippen LogP contribution in [0.1, 0.15) is 45.4 Å². The first-order chi connectivity index (χ1) is 12.4. The summed E-state index contributed by atoms with van der Waals surface area (Å²) in [7, 11) is 0. The normalized spacial score (nSPS) is 14.8. The van der Waals surface area contributed by atoms with Gasteiger partial charge in [-0.25, -0.2) is 0 Å². The third-order valence-corrected chi connectivity index (χ3v) is 3.68. The van der Waals surface area contributed by atoms with Gasteiger partial charge in [0.2, 0.25) is 0 Å². The van der Waals surface area contributed by atoms with Gasteiger partial charge in [-0.1, -0.05) is 25.0 Å². The van der Waals surface area contributed by atoms with Crippen molar-refractivity contribution >= 4 is 11.9 Å². The van der Waals surface area contributed by atoms with E-state index in [0.717, 1.165) is 25.7 Å². The third-order valence-electron chi connectivity index (χ3n) is 3.68. The van der Waals surface area contributed by atoms with E-state index in [4.69, 9.17) is 19.7 Å². The lowest BCUT2D eigenvalue weighted by Crippen LogP contribution is -2.28. The van der Waals surface area contributed by atoms with Crippen molar-refractivity contribution < 1.29 is 39.5 Å². The summed E-state index contributed by atoms with van der Waals surface area (Å²) in [6, 6.07) is 0. The van der Waals surface area contributed by atoms with Crippen LogP contribution in [0, 0.1) is 5.92 Å². The fourth-order valence-electron chi connectivity index (χ4n) is 2.15. The van der Waals surface area contributed by atoms with Gasteiger partial charge in [0.05, 0.1) is 25.6 Å². The molecule has 26 heavy (non-hydrogen) atoms. The van der Waals surface area contributed by atoms with Crippen LogP contribution in [0.15, 0.2) is 12.2 Å². The van der Waals surface area contributed by atoms with Crippen molar-refractivity contribution in [2.24, 2.45) is 5.92 Å². The van der Waals surface area contributed by atoms with Crippen molar-refractivity contribution in [3.63, 3.8) is 0 Å². The van der Waals surface area contributed by atoms with E-state index in [9.17, 15) is 19.8 Å². The number of esters is 2. The largest absolute Gasteiger partial charge is 0.463 e. The maximum atomic E-state index is 12.1. The Kier molecular flexibility index (Phi) is 14.9. The van der Waals surface area contributed by atoms with Crippen LogP contribution in [0.4, 0.5) is 0 Å². The standard InChI is InChI=1S/C18H32O8/c1-2-3-4-5-6-7-8-14(18(24)26-13-16(22)11-20)9-17(23)25-12-15(21)10-19/h2-3,14-16,19-22H,4-13H2,1H3/b3-2+. The summed E-state index contributed by atoms with van der Waals surface area (Å²) in [6.07, 6.45) is 5.50. The number of unbranched alkanes of at least 4 members (excludes halogenated alkanes) is 3. The highest BCUT2D eigenvalue weighted by Crippen LogP contribution is 2.18. The zero-order chi connectivity index (χ0) is 19.8. The van der Waals surface area contributed by atoms with Crippen molar-refractivity contribution in [2.45, 2.75) is 57.7 Å². The topological polar surface area (TPSA) is 134 Å². The Balaban J connectivity index is 4.46. The Labute approximate surface area is 154 Å². The van der Waals surface area contributed by atoms with Crippen LogP contribution in [0.3, 0.4) is 0 Å². The molecule has 0 aliphatic carbocycles. The average molecular weight is 376 g/mol. The van der Waals surface area contributed by atoms with E-state index in [1.807, 2.05) is 13.0 Å². The molecular weight excluding hydrogens is 344 g/mol. The SMILES string of the molecule is C/C=C/CCCCCC(CC(=O)OCC(O)CO)C(=O)OCC(O)CO. The van der Waals surface area contributed by atoms with Gasteiger partial charge in [0, 0.05) is 0 Å². The number of aliphatic hydroxyl groups is 4. The summed E-state index contributed by atoms with van der Waals surface area (Å²) in [5.41, 5.74) is 0. The molecular formula is C18H32O8. The van der Waals surface area contributed by atoms with Crippen molar-refractivity contribution in [1.82, 2.24) is 0 Å². The molecule has 0 aromatic carbocycles. The lowest BCUT2D eigenvalue weighted by atomic mass is 9.97. The summed E-state index contributed by atoms with van der Waals surface area (Å²) in [5, 5.41) is 35.9. The molecule has 0 heterocycles. The minimum Gasteiger partial charge on any atom is -0.463 e. The summed E-state index contributed by atoms with van der Waals surface area (Å²) in [4.78, 5) is 24.0. The molecule has 0 amide bonds. The summed E-state index contributed by atoms with van der Waals surface area (Å²) in [5.74, 6) is -2.02. The maximum Gasteiger partial charge on any atom is 0.309 e. The molecule has 8 heteroatoms. The molecule has 0 radical (unpaired) electrons. The molecule has 3 atom stereocenters. The van der Waals surface area contributed by atoms with Crippen LogP contribution in [0.5, 0.6) is 0 Å². The zero-order valence-corrected chi connectivity index (χ0v) is 15.4. The molecule has 0 rings (SSSR count). The Morgan fingerprint density at radius 1 is 0.962 bits per heavy atom. The van der Waals surface area contributed by atoms with Crippen molar-refractivity contribution in [3.8, 4) is 0 Å². The molecule has 0 aromatic rings. The second-order valence-electron chi connectivity index (χ2n) is 6.09. The van der Waals surface area contributed by atoms with Gasteiger partial charge in [-0.3, -0.25) is 9.59 Å². The van der Waals surface area contributed by atoms with Crippen LogP contribution in [-0.2, 0) is 19.1 Å². The minimum atomic E-state index is -1.16. The number of rotatable bonds is 15. The number of hydrogen-bond acceptors (Lipinski definition) is 8. The van der Waals surface area contributed by atoms with E-state index >= 15 is 0 Å². The number of allylic oxidation sites excluding steroid dienone is 2. The van der Waals surface area contributed by atoms with Gasteiger partial charge in [0.25, 0.3) is 0 Å². The molecule has 0 spiro atoms. The first-order valence-electron chi connectivity index (χ1n) is 8.95. The quantitative estimate of drug-likeness (QED) is 0.182. The van der Waals surface area contributed by atoms with E-state index in [-0.39, 0.29) is 19.6 Å². The van der Waals surface area contributed by atoms with Crippen molar-refractivity contribution in [1.29, 1.82) is 0 Å². The highest BCUT2D eigenvalue weighted by atomic mass is 16.6. The van der Waals surface area contributed by atoms with E-state index in [1.54, 1.807) is 0 Å². The molecule has 0 aromatic heterocycles. The Hall–Kier alpha value is -1.48. The van der Waals surface area contributed by atoms with Gasteiger partial charge >= 0.3 is 11.9 Å². The first kappa shape index (κ1) is 24.5. The first-order valence-corrected chi connectivity index (χ1v) is 8.95. The molecule has 0 aliphatic heterocycles. The number of aliphatic hydroxyl groups excluding tert-OH is 4.